The van der Waals surface area contributed by atoms with Crippen LogP contribution in [0.3, 0.4) is 0 Å². The van der Waals surface area contributed by atoms with Gasteiger partial charge in [-0.2, -0.15) is 0 Å². The van der Waals surface area contributed by atoms with Crippen LogP contribution in [-0.4, -0.2) is 60.9 Å². The molecule has 4 rings (SSSR count). The van der Waals surface area contributed by atoms with Gasteiger partial charge in [-0.1, -0.05) is 50.6 Å². The molecule has 6 nitrogen and oxygen atoms in total. The minimum atomic E-state index is -0.339. The number of benzene rings is 2. The van der Waals surface area contributed by atoms with Crippen LogP contribution < -0.4 is 10.1 Å². The summed E-state index contributed by atoms with van der Waals surface area (Å²) in [4.78, 5) is 30.8. The normalized spacial score (nSPS) is 19.0. The van der Waals surface area contributed by atoms with Crippen LogP contribution in [0.5, 0.6) is 5.75 Å². The maximum Gasteiger partial charge on any atom is 0.238 e. The van der Waals surface area contributed by atoms with Crippen molar-refractivity contribution in [3.8, 4) is 5.75 Å². The number of para-hydroxylation sites is 1. The van der Waals surface area contributed by atoms with E-state index in [0.717, 1.165) is 63.1 Å². The van der Waals surface area contributed by atoms with Gasteiger partial charge >= 0.3 is 0 Å². The van der Waals surface area contributed by atoms with E-state index >= 15 is 0 Å². The van der Waals surface area contributed by atoms with E-state index in [9.17, 15) is 9.59 Å². The number of nitrogens with one attached hydrogen (secondary N) is 1. The number of hydrogen-bond donors (Lipinski definition) is 1. The average molecular weight is 506 g/mol. The molecule has 0 atom stereocenters. The monoisotopic (exact) mass is 505 g/mol. The number of fused-ring (bicyclic) bond motifs is 1. The highest BCUT2D eigenvalue weighted by Crippen LogP contribution is 2.39. The summed E-state index contributed by atoms with van der Waals surface area (Å²) in [5.41, 5.74) is 3.01. The van der Waals surface area contributed by atoms with Crippen molar-refractivity contribution < 1.29 is 14.3 Å². The number of likely N-dealkylation sites (tertiary alicyclic amines) is 1. The van der Waals surface area contributed by atoms with Crippen molar-refractivity contribution in [3.05, 3.63) is 59.7 Å². The van der Waals surface area contributed by atoms with Gasteiger partial charge in [0.05, 0.1) is 18.5 Å². The van der Waals surface area contributed by atoms with Crippen LogP contribution in [0, 0.1) is 5.41 Å². The minimum Gasteiger partial charge on any atom is -0.491 e. The molecule has 1 fully saturated rings. The first kappa shape index (κ1) is 27.2. The average Bonchev–Trinajstić information content (AvgIpc) is 2.90. The Morgan fingerprint density at radius 1 is 1.00 bits per heavy atom. The zero-order valence-corrected chi connectivity index (χ0v) is 22.8. The zero-order chi connectivity index (χ0) is 26.3. The molecule has 0 saturated carbocycles. The van der Waals surface area contributed by atoms with Crippen molar-refractivity contribution in [2.24, 2.45) is 5.41 Å². The fourth-order valence-corrected chi connectivity index (χ4v) is 5.70. The molecule has 6 heteroatoms. The maximum atomic E-state index is 13.8. The molecule has 2 amide bonds. The van der Waals surface area contributed by atoms with Crippen LogP contribution in [0.2, 0.25) is 0 Å². The van der Waals surface area contributed by atoms with Gasteiger partial charge in [0.1, 0.15) is 12.4 Å². The van der Waals surface area contributed by atoms with Crippen molar-refractivity contribution in [2.45, 2.75) is 65.2 Å². The quantitative estimate of drug-likeness (QED) is 0.584. The van der Waals surface area contributed by atoms with E-state index in [4.69, 9.17) is 4.74 Å². The van der Waals surface area contributed by atoms with Crippen molar-refractivity contribution in [1.29, 1.82) is 0 Å². The summed E-state index contributed by atoms with van der Waals surface area (Å²) in [5.74, 6) is 1.69. The van der Waals surface area contributed by atoms with E-state index in [0.29, 0.717) is 32.2 Å². The van der Waals surface area contributed by atoms with Gasteiger partial charge in [0, 0.05) is 12.2 Å². The summed E-state index contributed by atoms with van der Waals surface area (Å²) in [6.07, 6.45) is 5.55. The first-order valence-corrected chi connectivity index (χ1v) is 14.0. The van der Waals surface area contributed by atoms with E-state index in [-0.39, 0.29) is 17.2 Å². The summed E-state index contributed by atoms with van der Waals surface area (Å²) in [6, 6.07) is 16.4. The third-order valence-electron chi connectivity index (χ3n) is 8.11. The Hall–Kier alpha value is -2.86. The Morgan fingerprint density at radius 3 is 2.43 bits per heavy atom. The second kappa shape index (κ2) is 12.6. The standard InChI is InChI=1S/C31H43N3O3/c1-4-34-21-22-37-28-11-6-5-9-26(28)10-7-8-16-31(30(34)36)17-19-33(20-18-31)23-29(35)32-27-14-12-25(13-15-27)24(2)3/h5-6,9,11-15,24H,4,7-8,10,16-23H2,1-3H3,(H,32,35). The fraction of sp³-hybridized carbons (Fsp3) is 0.548. The van der Waals surface area contributed by atoms with Crippen molar-refractivity contribution in [1.82, 2.24) is 9.80 Å². The number of carbonyl (C=O) groups excluding carboxylic acids is 2. The smallest absolute Gasteiger partial charge is 0.238 e. The van der Waals surface area contributed by atoms with Crippen LogP contribution in [0.25, 0.3) is 0 Å². The van der Waals surface area contributed by atoms with Gasteiger partial charge in [0.25, 0.3) is 0 Å². The molecule has 0 bridgehead atoms. The number of aryl methyl sites for hydroxylation is 1. The molecule has 200 valence electrons. The van der Waals surface area contributed by atoms with E-state index < -0.39 is 0 Å². The molecule has 0 unspecified atom stereocenters. The number of rotatable bonds is 5. The molecule has 2 aliphatic heterocycles. The van der Waals surface area contributed by atoms with Crippen LogP contribution in [0.4, 0.5) is 5.69 Å². The summed E-state index contributed by atoms with van der Waals surface area (Å²) < 4.78 is 6.10. The highest BCUT2D eigenvalue weighted by Gasteiger charge is 2.43. The second-order valence-electron chi connectivity index (χ2n) is 10.9. The molecule has 2 aromatic carbocycles. The van der Waals surface area contributed by atoms with Gasteiger partial charge in [-0.3, -0.25) is 14.5 Å². The Labute approximate surface area is 222 Å². The molecule has 0 radical (unpaired) electrons. The lowest BCUT2D eigenvalue weighted by Gasteiger charge is -2.43. The van der Waals surface area contributed by atoms with Gasteiger partial charge in [-0.25, -0.2) is 0 Å². The number of likely N-dealkylation sites (N-methyl/N-ethyl adjacent to an activating group) is 1. The van der Waals surface area contributed by atoms with E-state index in [1.165, 1.54) is 11.1 Å². The molecule has 0 aromatic heterocycles. The maximum absolute atomic E-state index is 13.8. The SMILES string of the molecule is CCN1CCOc2ccccc2CCCCC2(CCN(CC(=O)Nc3ccc(C(C)C)cc3)CC2)C1=O. The van der Waals surface area contributed by atoms with Crippen molar-refractivity contribution in [3.63, 3.8) is 0 Å². The Morgan fingerprint density at radius 2 is 1.73 bits per heavy atom. The molecule has 2 aliphatic rings. The number of anilines is 1. The van der Waals surface area contributed by atoms with Gasteiger partial charge in [0.2, 0.25) is 11.8 Å². The number of amides is 2. The van der Waals surface area contributed by atoms with Crippen LogP contribution in [0.15, 0.2) is 48.5 Å². The summed E-state index contributed by atoms with van der Waals surface area (Å²) in [6.45, 7) is 10.1. The molecule has 1 saturated heterocycles. The number of hydrogen-bond acceptors (Lipinski definition) is 4. The predicted molar refractivity (Wildman–Crippen MR) is 149 cm³/mol. The summed E-state index contributed by atoms with van der Waals surface area (Å²) in [7, 11) is 0. The lowest BCUT2D eigenvalue weighted by Crippen LogP contribution is -2.52. The Bertz CT molecular complexity index is 1040. The fourth-order valence-electron chi connectivity index (χ4n) is 5.70. The lowest BCUT2D eigenvalue weighted by atomic mass is 9.73. The van der Waals surface area contributed by atoms with E-state index in [1.807, 2.05) is 29.2 Å². The predicted octanol–water partition coefficient (Wildman–Crippen LogP) is 5.48. The van der Waals surface area contributed by atoms with Crippen LogP contribution >= 0.6 is 0 Å². The molecular formula is C31H43N3O3. The van der Waals surface area contributed by atoms with Gasteiger partial charge in [0.15, 0.2) is 0 Å². The Kier molecular flexibility index (Phi) is 9.25. The van der Waals surface area contributed by atoms with Crippen molar-refractivity contribution in [2.75, 3.05) is 44.6 Å². The third-order valence-corrected chi connectivity index (χ3v) is 8.11. The topological polar surface area (TPSA) is 61.9 Å². The Balaban J connectivity index is 1.36. The molecule has 2 heterocycles. The summed E-state index contributed by atoms with van der Waals surface area (Å²) >= 11 is 0. The first-order chi connectivity index (χ1) is 17.9. The first-order valence-electron chi connectivity index (χ1n) is 14.0. The largest absolute Gasteiger partial charge is 0.491 e. The molecule has 1 spiro atoms. The van der Waals surface area contributed by atoms with Gasteiger partial charge in [-0.15, -0.1) is 0 Å². The lowest BCUT2D eigenvalue weighted by molar-refractivity contribution is -0.146. The number of piperidine rings is 1. The molecule has 0 aliphatic carbocycles. The van der Waals surface area contributed by atoms with E-state index in [2.05, 4.69) is 55.3 Å². The highest BCUT2D eigenvalue weighted by atomic mass is 16.5. The minimum absolute atomic E-state index is 0.00395. The molecule has 2 aromatic rings. The molecule has 1 N–H and O–H groups in total. The number of ether oxygens (including phenoxy) is 1. The second-order valence-corrected chi connectivity index (χ2v) is 10.9. The number of carbonyl (C=O) groups is 2. The van der Waals surface area contributed by atoms with Crippen LogP contribution in [-0.2, 0) is 16.0 Å². The third kappa shape index (κ3) is 6.92. The van der Waals surface area contributed by atoms with Crippen LogP contribution in [0.1, 0.15) is 69.9 Å². The zero-order valence-electron chi connectivity index (χ0n) is 22.8. The van der Waals surface area contributed by atoms with Gasteiger partial charge < -0.3 is 15.0 Å². The van der Waals surface area contributed by atoms with E-state index in [1.54, 1.807) is 0 Å². The number of nitrogens with zero attached hydrogens (tertiary/aromatic N) is 2. The summed E-state index contributed by atoms with van der Waals surface area (Å²) in [5, 5.41) is 3.04. The molecule has 37 heavy (non-hydrogen) atoms. The van der Waals surface area contributed by atoms with Gasteiger partial charge in [-0.05, 0) is 87.4 Å². The molecular weight excluding hydrogens is 462 g/mol. The van der Waals surface area contributed by atoms with Crippen molar-refractivity contribution >= 4 is 17.5 Å². The highest BCUT2D eigenvalue weighted by molar-refractivity contribution is 5.92.